The molecule has 152 valence electrons. The van der Waals surface area contributed by atoms with Gasteiger partial charge in [0.2, 0.25) is 0 Å². The van der Waals surface area contributed by atoms with Crippen LogP contribution in [0.2, 0.25) is 5.02 Å². The lowest BCUT2D eigenvalue weighted by molar-refractivity contribution is -0.131. The quantitative estimate of drug-likeness (QED) is 0.287. The van der Waals surface area contributed by atoms with Crippen molar-refractivity contribution in [2.24, 2.45) is 0 Å². The molecule has 1 aliphatic rings. The predicted octanol–water partition coefficient (Wildman–Crippen LogP) is 7.35. The van der Waals surface area contributed by atoms with E-state index in [0.29, 0.717) is 5.92 Å². The Morgan fingerprint density at radius 2 is 1.83 bits per heavy atom. The molecule has 0 spiro atoms. The Hall–Kier alpha value is -2.69. The highest BCUT2D eigenvalue weighted by Gasteiger charge is 2.26. The largest absolute Gasteiger partial charge is 0.478 e. The van der Waals surface area contributed by atoms with Gasteiger partial charge in [0.15, 0.2) is 0 Å². The van der Waals surface area contributed by atoms with Crippen LogP contribution < -0.4 is 5.32 Å². The molecule has 1 fully saturated rings. The van der Waals surface area contributed by atoms with Crippen LogP contribution in [0.15, 0.2) is 77.7 Å². The molecule has 0 atom stereocenters. The fraction of sp³-hybridized carbons (Fsp3) is 0.160. The summed E-state index contributed by atoms with van der Waals surface area (Å²) >= 11 is 7.94. The molecule has 0 radical (unpaired) electrons. The molecule has 0 bridgehead atoms. The van der Waals surface area contributed by atoms with Crippen LogP contribution >= 0.6 is 23.4 Å². The van der Waals surface area contributed by atoms with Gasteiger partial charge < -0.3 is 10.4 Å². The Morgan fingerprint density at radius 1 is 1.07 bits per heavy atom. The Bertz CT molecular complexity index is 1080. The number of rotatable bonds is 8. The number of carboxylic acid groups (broad SMARTS) is 1. The molecule has 3 aromatic rings. The first kappa shape index (κ1) is 20.6. The summed E-state index contributed by atoms with van der Waals surface area (Å²) in [5, 5.41) is 13.3. The Labute approximate surface area is 185 Å². The maximum Gasteiger partial charge on any atom is 0.328 e. The van der Waals surface area contributed by atoms with E-state index in [1.54, 1.807) is 17.8 Å². The summed E-state index contributed by atoms with van der Waals surface area (Å²) in [6.45, 7) is 0. The van der Waals surface area contributed by atoms with E-state index in [1.807, 2.05) is 48.5 Å². The molecule has 0 heterocycles. The number of benzene rings is 3. The predicted molar refractivity (Wildman–Crippen MR) is 126 cm³/mol. The van der Waals surface area contributed by atoms with Crippen LogP contribution in [0.1, 0.15) is 35.4 Å². The van der Waals surface area contributed by atoms with Crippen molar-refractivity contribution >= 4 is 46.8 Å². The van der Waals surface area contributed by atoms with E-state index in [2.05, 4.69) is 23.5 Å². The highest BCUT2D eigenvalue weighted by molar-refractivity contribution is 7.98. The highest BCUT2D eigenvalue weighted by Crippen LogP contribution is 2.45. The molecule has 0 unspecified atom stereocenters. The average molecular weight is 436 g/mol. The van der Waals surface area contributed by atoms with Gasteiger partial charge in [-0.25, -0.2) is 4.79 Å². The maximum atomic E-state index is 11.1. The molecule has 3 aromatic carbocycles. The van der Waals surface area contributed by atoms with E-state index in [0.717, 1.165) is 32.6 Å². The summed E-state index contributed by atoms with van der Waals surface area (Å²) in [6, 6.07) is 22.3. The van der Waals surface area contributed by atoms with Gasteiger partial charge >= 0.3 is 5.97 Å². The molecule has 3 nitrogen and oxygen atoms in total. The molecule has 0 aromatic heterocycles. The lowest BCUT2D eigenvalue weighted by Crippen LogP contribution is -1.98. The van der Waals surface area contributed by atoms with Gasteiger partial charge in [-0.15, -0.1) is 11.8 Å². The first-order valence-electron chi connectivity index (χ1n) is 9.87. The fourth-order valence-corrected chi connectivity index (χ4v) is 4.39. The number of hydrogen-bond donors (Lipinski definition) is 2. The van der Waals surface area contributed by atoms with Crippen molar-refractivity contribution in [3.8, 4) is 0 Å². The standard InChI is InChI=1S/C25H22ClNO2S/c26-20-9-11-24(22(15-20)18-6-7-18)27-23-12-10-21(14-19(23)8-13-25(28)29)30-16-17-4-2-1-3-5-17/h1-5,8-15,18,27H,6-7,16H2,(H,28,29). The molecule has 1 aliphatic carbocycles. The number of hydrogen-bond acceptors (Lipinski definition) is 3. The minimum absolute atomic E-state index is 0.546. The molecular weight excluding hydrogens is 414 g/mol. The molecule has 4 rings (SSSR count). The second-order valence-electron chi connectivity index (χ2n) is 7.33. The van der Waals surface area contributed by atoms with Crippen molar-refractivity contribution in [3.63, 3.8) is 0 Å². The smallest absolute Gasteiger partial charge is 0.328 e. The van der Waals surface area contributed by atoms with E-state index in [-0.39, 0.29) is 0 Å². The minimum Gasteiger partial charge on any atom is -0.478 e. The molecular formula is C25H22ClNO2S. The summed E-state index contributed by atoms with van der Waals surface area (Å²) in [5.41, 5.74) is 5.21. The third-order valence-corrected chi connectivity index (χ3v) is 6.28. The minimum atomic E-state index is -0.964. The Kier molecular flexibility index (Phi) is 6.46. The first-order valence-corrected chi connectivity index (χ1v) is 11.2. The number of carboxylic acids is 1. The fourth-order valence-electron chi connectivity index (χ4n) is 3.31. The number of nitrogens with one attached hydrogen (secondary N) is 1. The van der Waals surface area contributed by atoms with Crippen molar-refractivity contribution in [1.82, 2.24) is 0 Å². The van der Waals surface area contributed by atoms with Crippen LogP contribution in [0.4, 0.5) is 11.4 Å². The zero-order chi connectivity index (χ0) is 20.9. The van der Waals surface area contributed by atoms with Crippen LogP contribution in [0.5, 0.6) is 0 Å². The summed E-state index contributed by atoms with van der Waals surface area (Å²) < 4.78 is 0. The van der Waals surface area contributed by atoms with Crippen molar-refractivity contribution in [2.45, 2.75) is 29.4 Å². The van der Waals surface area contributed by atoms with Gasteiger partial charge in [0.05, 0.1) is 0 Å². The Morgan fingerprint density at radius 3 is 2.57 bits per heavy atom. The monoisotopic (exact) mass is 435 g/mol. The van der Waals surface area contributed by atoms with Gasteiger partial charge in [0.25, 0.3) is 0 Å². The summed E-state index contributed by atoms with van der Waals surface area (Å²) in [6.07, 6.45) is 5.17. The summed E-state index contributed by atoms with van der Waals surface area (Å²) in [7, 11) is 0. The second-order valence-corrected chi connectivity index (χ2v) is 8.81. The van der Waals surface area contributed by atoms with Crippen LogP contribution in [-0.2, 0) is 10.5 Å². The van der Waals surface area contributed by atoms with Crippen LogP contribution in [-0.4, -0.2) is 11.1 Å². The zero-order valence-corrected chi connectivity index (χ0v) is 17.9. The lowest BCUT2D eigenvalue weighted by atomic mass is 10.1. The van der Waals surface area contributed by atoms with E-state index >= 15 is 0 Å². The third kappa shape index (κ3) is 5.47. The van der Waals surface area contributed by atoms with E-state index in [9.17, 15) is 4.79 Å². The van der Waals surface area contributed by atoms with Gasteiger partial charge in [0.1, 0.15) is 0 Å². The number of aliphatic carboxylic acids is 1. The van der Waals surface area contributed by atoms with Crippen LogP contribution in [0.3, 0.4) is 0 Å². The van der Waals surface area contributed by atoms with Crippen molar-refractivity contribution in [3.05, 3.63) is 94.5 Å². The SMILES string of the molecule is O=C(O)C=Cc1cc(SCc2ccccc2)ccc1Nc1ccc(Cl)cc1C1CC1. The first-order chi connectivity index (χ1) is 14.6. The molecule has 2 N–H and O–H groups in total. The molecule has 5 heteroatoms. The summed E-state index contributed by atoms with van der Waals surface area (Å²) in [4.78, 5) is 12.2. The maximum absolute atomic E-state index is 11.1. The number of carbonyl (C=O) groups is 1. The van der Waals surface area contributed by atoms with Crippen LogP contribution in [0.25, 0.3) is 6.08 Å². The van der Waals surface area contributed by atoms with Crippen molar-refractivity contribution in [1.29, 1.82) is 0 Å². The van der Waals surface area contributed by atoms with E-state index in [1.165, 1.54) is 30.0 Å². The average Bonchev–Trinajstić information content (AvgIpc) is 3.59. The molecule has 0 aliphatic heterocycles. The molecule has 1 saturated carbocycles. The number of anilines is 2. The van der Waals surface area contributed by atoms with Gasteiger partial charge in [-0.1, -0.05) is 41.9 Å². The van der Waals surface area contributed by atoms with Crippen LogP contribution in [0, 0.1) is 0 Å². The molecule has 0 amide bonds. The van der Waals surface area contributed by atoms with Gasteiger partial charge in [-0.2, -0.15) is 0 Å². The molecule has 0 saturated heterocycles. The zero-order valence-electron chi connectivity index (χ0n) is 16.3. The molecule has 30 heavy (non-hydrogen) atoms. The van der Waals surface area contributed by atoms with E-state index in [4.69, 9.17) is 16.7 Å². The van der Waals surface area contributed by atoms with Gasteiger partial charge in [0, 0.05) is 33.1 Å². The third-order valence-electron chi connectivity index (χ3n) is 4.98. The normalized spacial score (nSPS) is 13.5. The van der Waals surface area contributed by atoms with E-state index < -0.39 is 5.97 Å². The van der Waals surface area contributed by atoms with Gasteiger partial charge in [-0.3, -0.25) is 0 Å². The lowest BCUT2D eigenvalue weighted by Gasteiger charge is -2.15. The summed E-state index contributed by atoms with van der Waals surface area (Å²) in [5.74, 6) is 0.442. The Balaban J connectivity index is 1.60. The number of thioether (sulfide) groups is 1. The highest BCUT2D eigenvalue weighted by atomic mass is 35.5. The van der Waals surface area contributed by atoms with Crippen molar-refractivity contribution in [2.75, 3.05) is 5.32 Å². The topological polar surface area (TPSA) is 49.3 Å². The van der Waals surface area contributed by atoms with Crippen molar-refractivity contribution < 1.29 is 9.90 Å². The number of halogens is 1. The second kappa shape index (κ2) is 9.41. The van der Waals surface area contributed by atoms with Gasteiger partial charge in [-0.05, 0) is 77.9 Å².